The second-order valence-electron chi connectivity index (χ2n) is 4.79. The van der Waals surface area contributed by atoms with Gasteiger partial charge in [0.05, 0.1) is 5.54 Å². The smallest absolute Gasteiger partial charge is 0.317 e. The molecule has 1 aromatic carbocycles. The number of carbonyl (C=O) groups excluding carboxylic acids is 1. The molecule has 1 aromatic heterocycles. The predicted molar refractivity (Wildman–Crippen MR) is 79.4 cm³/mol. The number of carbonyl (C=O) groups is 1. The van der Waals surface area contributed by atoms with Crippen LogP contribution in [0.5, 0.6) is 0 Å². The van der Waals surface area contributed by atoms with E-state index in [2.05, 4.69) is 10.3 Å². The second-order valence-corrected chi connectivity index (χ2v) is 4.79. The van der Waals surface area contributed by atoms with Crippen molar-refractivity contribution in [1.29, 1.82) is 0 Å². The molecular formula is C16H19N3O. The third kappa shape index (κ3) is 2.37. The molecule has 0 bridgehead atoms. The zero-order chi connectivity index (χ0) is 14.6. The van der Waals surface area contributed by atoms with E-state index in [0.29, 0.717) is 0 Å². The van der Waals surface area contributed by atoms with Crippen molar-refractivity contribution < 1.29 is 4.79 Å². The summed E-state index contributed by atoms with van der Waals surface area (Å²) >= 11 is 0. The van der Waals surface area contributed by atoms with Crippen molar-refractivity contribution in [2.24, 2.45) is 0 Å². The van der Waals surface area contributed by atoms with E-state index < -0.39 is 5.54 Å². The summed E-state index contributed by atoms with van der Waals surface area (Å²) in [7, 11) is 3.42. The fourth-order valence-electron chi connectivity index (χ4n) is 2.34. The van der Waals surface area contributed by atoms with Crippen molar-refractivity contribution in [3.8, 4) is 0 Å². The lowest BCUT2D eigenvalue weighted by molar-refractivity contribution is 0.168. The van der Waals surface area contributed by atoms with Gasteiger partial charge in [-0.25, -0.2) is 4.79 Å². The van der Waals surface area contributed by atoms with Crippen molar-refractivity contribution in [3.63, 3.8) is 0 Å². The second kappa shape index (κ2) is 5.74. The monoisotopic (exact) mass is 269 g/mol. The molecule has 0 aliphatic carbocycles. The molecule has 0 saturated heterocycles. The minimum absolute atomic E-state index is 0.139. The Morgan fingerprint density at radius 1 is 1.15 bits per heavy atom. The van der Waals surface area contributed by atoms with Crippen LogP contribution >= 0.6 is 0 Å². The molecular weight excluding hydrogens is 250 g/mol. The number of aromatic nitrogens is 1. The normalized spacial score (nSPS) is 13.3. The number of rotatable bonds is 3. The van der Waals surface area contributed by atoms with E-state index in [9.17, 15) is 4.79 Å². The quantitative estimate of drug-likeness (QED) is 0.931. The van der Waals surface area contributed by atoms with Gasteiger partial charge in [0.2, 0.25) is 0 Å². The molecule has 2 rings (SSSR count). The fourth-order valence-corrected chi connectivity index (χ4v) is 2.34. The molecule has 0 radical (unpaired) electrons. The largest absolute Gasteiger partial charge is 0.341 e. The van der Waals surface area contributed by atoms with Crippen LogP contribution in [0.2, 0.25) is 0 Å². The summed E-state index contributed by atoms with van der Waals surface area (Å²) < 4.78 is 0. The number of nitrogens with one attached hydrogen (secondary N) is 1. The molecule has 0 aliphatic heterocycles. The van der Waals surface area contributed by atoms with E-state index in [-0.39, 0.29) is 6.03 Å². The standard InChI is InChI=1S/C16H19N3O/c1-16(19(3)15(20)17-2,13-8-5-4-6-9-13)14-10-7-11-18-12-14/h4-12H,1-3H3,(H,17,20)/t16-/m0/s1. The molecule has 0 aliphatic rings. The topological polar surface area (TPSA) is 45.2 Å². The Morgan fingerprint density at radius 2 is 1.80 bits per heavy atom. The predicted octanol–water partition coefficient (Wildman–Crippen LogP) is 2.62. The highest BCUT2D eigenvalue weighted by Gasteiger charge is 2.36. The van der Waals surface area contributed by atoms with Gasteiger partial charge in [-0.1, -0.05) is 36.4 Å². The number of hydrogen-bond donors (Lipinski definition) is 1. The van der Waals surface area contributed by atoms with Crippen molar-refractivity contribution in [2.75, 3.05) is 14.1 Å². The van der Waals surface area contributed by atoms with Gasteiger partial charge in [-0.3, -0.25) is 4.98 Å². The third-order valence-electron chi connectivity index (χ3n) is 3.75. The first-order chi connectivity index (χ1) is 9.60. The van der Waals surface area contributed by atoms with E-state index in [1.165, 1.54) is 0 Å². The van der Waals surface area contributed by atoms with Gasteiger partial charge in [-0.05, 0) is 18.6 Å². The molecule has 1 atom stereocenters. The van der Waals surface area contributed by atoms with Gasteiger partial charge >= 0.3 is 6.03 Å². The van der Waals surface area contributed by atoms with Crippen LogP contribution in [0, 0.1) is 0 Å². The van der Waals surface area contributed by atoms with Crippen LogP contribution in [0.3, 0.4) is 0 Å². The SMILES string of the molecule is CNC(=O)N(C)[C@@](C)(c1ccccc1)c1cccnc1. The molecule has 20 heavy (non-hydrogen) atoms. The molecule has 2 aromatic rings. The maximum Gasteiger partial charge on any atom is 0.317 e. The van der Waals surface area contributed by atoms with Crippen LogP contribution in [0.1, 0.15) is 18.1 Å². The van der Waals surface area contributed by atoms with Gasteiger partial charge in [0.1, 0.15) is 0 Å². The average molecular weight is 269 g/mol. The number of urea groups is 1. The Morgan fingerprint density at radius 3 is 2.35 bits per heavy atom. The zero-order valence-electron chi connectivity index (χ0n) is 12.0. The Bertz CT molecular complexity index is 529. The Hall–Kier alpha value is -2.36. The van der Waals surface area contributed by atoms with Gasteiger partial charge in [0.15, 0.2) is 0 Å². The number of hydrogen-bond acceptors (Lipinski definition) is 2. The summed E-state index contributed by atoms with van der Waals surface area (Å²) in [5.41, 5.74) is 1.44. The van der Waals surface area contributed by atoms with Crippen LogP contribution in [-0.2, 0) is 5.54 Å². The maximum absolute atomic E-state index is 12.1. The van der Waals surface area contributed by atoms with Crippen molar-refractivity contribution >= 4 is 6.03 Å². The van der Waals surface area contributed by atoms with E-state index in [4.69, 9.17) is 0 Å². The minimum Gasteiger partial charge on any atom is -0.341 e. The molecule has 4 nitrogen and oxygen atoms in total. The van der Waals surface area contributed by atoms with Crippen molar-refractivity contribution in [3.05, 3.63) is 66.0 Å². The van der Waals surface area contributed by atoms with Gasteiger partial charge in [0, 0.05) is 32.1 Å². The first kappa shape index (κ1) is 14.1. The van der Waals surface area contributed by atoms with Gasteiger partial charge in [-0.2, -0.15) is 0 Å². The highest BCUT2D eigenvalue weighted by molar-refractivity contribution is 5.75. The van der Waals surface area contributed by atoms with E-state index in [1.54, 1.807) is 31.4 Å². The number of benzene rings is 1. The third-order valence-corrected chi connectivity index (χ3v) is 3.75. The van der Waals surface area contributed by atoms with Crippen LogP contribution in [0.4, 0.5) is 4.79 Å². The van der Waals surface area contributed by atoms with Gasteiger partial charge < -0.3 is 10.2 Å². The number of amides is 2. The Kier molecular flexibility index (Phi) is 4.03. The molecule has 0 unspecified atom stereocenters. The van der Waals surface area contributed by atoms with Gasteiger partial charge in [0.25, 0.3) is 0 Å². The maximum atomic E-state index is 12.1. The first-order valence-electron chi connectivity index (χ1n) is 6.52. The van der Waals surface area contributed by atoms with Crippen molar-refractivity contribution in [1.82, 2.24) is 15.2 Å². The summed E-state index contributed by atoms with van der Waals surface area (Å²) in [4.78, 5) is 18.0. The lowest BCUT2D eigenvalue weighted by atomic mass is 9.84. The van der Waals surface area contributed by atoms with E-state index in [0.717, 1.165) is 11.1 Å². The summed E-state index contributed by atoms with van der Waals surface area (Å²) in [5, 5.41) is 2.68. The van der Waals surface area contributed by atoms with Crippen LogP contribution in [0.15, 0.2) is 54.9 Å². The Balaban J connectivity index is 2.58. The lowest BCUT2D eigenvalue weighted by Crippen LogP contribution is -2.49. The molecule has 0 fully saturated rings. The summed E-state index contributed by atoms with van der Waals surface area (Å²) in [6.45, 7) is 2.02. The number of nitrogens with zero attached hydrogens (tertiary/aromatic N) is 2. The van der Waals surface area contributed by atoms with E-state index in [1.807, 2.05) is 49.4 Å². The minimum atomic E-state index is -0.574. The summed E-state index contributed by atoms with van der Waals surface area (Å²) in [6.07, 6.45) is 3.53. The number of pyridine rings is 1. The fraction of sp³-hybridized carbons (Fsp3) is 0.250. The lowest BCUT2D eigenvalue weighted by Gasteiger charge is -2.39. The molecule has 2 amide bonds. The molecule has 1 heterocycles. The van der Waals surface area contributed by atoms with Gasteiger partial charge in [-0.15, -0.1) is 0 Å². The average Bonchev–Trinajstić information content (AvgIpc) is 2.54. The van der Waals surface area contributed by atoms with Crippen LogP contribution in [-0.4, -0.2) is 30.0 Å². The van der Waals surface area contributed by atoms with Crippen LogP contribution < -0.4 is 5.32 Å². The first-order valence-corrected chi connectivity index (χ1v) is 6.52. The highest BCUT2D eigenvalue weighted by atomic mass is 16.2. The Labute approximate surface area is 119 Å². The highest BCUT2D eigenvalue weighted by Crippen LogP contribution is 2.34. The van der Waals surface area contributed by atoms with Crippen molar-refractivity contribution in [2.45, 2.75) is 12.5 Å². The molecule has 4 heteroatoms. The zero-order valence-corrected chi connectivity index (χ0v) is 12.0. The summed E-state index contributed by atoms with van der Waals surface area (Å²) in [5.74, 6) is 0. The van der Waals surface area contributed by atoms with E-state index >= 15 is 0 Å². The summed E-state index contributed by atoms with van der Waals surface area (Å²) in [6, 6.07) is 13.7. The molecule has 0 saturated carbocycles. The van der Waals surface area contributed by atoms with Crippen LogP contribution in [0.25, 0.3) is 0 Å². The molecule has 1 N–H and O–H groups in total. The molecule has 0 spiro atoms. The molecule has 104 valence electrons.